The Kier molecular flexibility index (Phi) is 8.78. The summed E-state index contributed by atoms with van der Waals surface area (Å²) in [7, 11) is 0. The molecule has 1 heterocycles. The Labute approximate surface area is 220 Å². The van der Waals surface area contributed by atoms with Gasteiger partial charge >= 0.3 is 18.0 Å². The van der Waals surface area contributed by atoms with Crippen LogP contribution in [-0.2, 0) is 24.0 Å². The number of nitrogens with one attached hydrogen (secondary N) is 3. The number of urea groups is 1. The molecule has 0 aromatic heterocycles. The van der Waals surface area contributed by atoms with Gasteiger partial charge in [0.25, 0.3) is 5.91 Å². The lowest BCUT2D eigenvalue weighted by molar-refractivity contribution is -0.143. The summed E-state index contributed by atoms with van der Waals surface area (Å²) in [5.74, 6) is -5.99. The molecule has 1 fully saturated rings. The molecule has 0 bridgehead atoms. The Hall–Kier alpha value is -5.47. The number of hydrogen-bond acceptors (Lipinski definition) is 7. The third-order valence-electron chi connectivity index (χ3n) is 5.49. The minimum atomic E-state index is -1.70. The first-order valence-electron chi connectivity index (χ1n) is 11.4. The Morgan fingerprint density at radius 3 is 2.31 bits per heavy atom. The number of rotatable bonds is 11. The van der Waals surface area contributed by atoms with Gasteiger partial charge in [-0.2, -0.15) is 0 Å². The molecule has 1 saturated heterocycles. The smallest absolute Gasteiger partial charge is 0.330 e. The third-order valence-corrected chi connectivity index (χ3v) is 5.49. The van der Waals surface area contributed by atoms with E-state index in [1.807, 2.05) is 0 Å². The predicted molar refractivity (Wildman–Crippen MR) is 134 cm³/mol. The highest BCUT2D eigenvalue weighted by atomic mass is 16.4. The molecular weight excluding hydrogens is 514 g/mol. The highest BCUT2D eigenvalue weighted by Gasteiger charge is 2.40. The predicted octanol–water partition coefficient (Wildman–Crippen LogP) is -0.914. The number of hydrogen-bond donors (Lipinski definition) is 7. The summed E-state index contributed by atoms with van der Waals surface area (Å²) in [4.78, 5) is 78.3. The summed E-state index contributed by atoms with van der Waals surface area (Å²) in [6.45, 7) is -0.834. The summed E-state index contributed by atoms with van der Waals surface area (Å²) in [6, 6.07) is 8.49. The molecule has 0 radical (unpaired) electrons. The van der Waals surface area contributed by atoms with Crippen LogP contribution in [0.25, 0.3) is 0 Å². The maximum absolute atomic E-state index is 12.9. The lowest BCUT2D eigenvalue weighted by Crippen LogP contribution is -2.52. The number of guanidine groups is 1. The van der Waals surface area contributed by atoms with E-state index in [4.69, 9.17) is 11.5 Å². The van der Waals surface area contributed by atoms with E-state index in [0.29, 0.717) is 16.2 Å². The van der Waals surface area contributed by atoms with Crippen LogP contribution in [0.5, 0.6) is 0 Å². The monoisotopic (exact) mass is 539 g/mol. The zero-order chi connectivity index (χ0) is 28.7. The fraction of sp³-hybridized carbons (Fsp3) is 0.208. The van der Waals surface area contributed by atoms with Gasteiger partial charge in [0.2, 0.25) is 11.8 Å². The number of carboxylic acid groups (broad SMARTS) is 2. The summed E-state index contributed by atoms with van der Waals surface area (Å²) in [5, 5.41) is 25.5. The molecule has 9 N–H and O–H groups in total. The van der Waals surface area contributed by atoms with Gasteiger partial charge in [0, 0.05) is 0 Å². The van der Waals surface area contributed by atoms with Gasteiger partial charge in [-0.05, 0) is 23.3 Å². The topological polar surface area (TPSA) is 247 Å². The van der Waals surface area contributed by atoms with Crippen LogP contribution < -0.4 is 27.4 Å². The molecule has 0 saturated carbocycles. The van der Waals surface area contributed by atoms with Crippen molar-refractivity contribution in [1.29, 1.82) is 0 Å². The average molecular weight is 540 g/mol. The molecule has 204 valence electrons. The number of imide groups is 1. The Bertz CT molecular complexity index is 1330. The van der Waals surface area contributed by atoms with Gasteiger partial charge in [-0.15, -0.1) is 0 Å². The highest BCUT2D eigenvalue weighted by molar-refractivity contribution is 6.07. The molecule has 3 rings (SSSR count). The molecule has 5 amide bonds. The maximum Gasteiger partial charge on any atom is 0.330 e. The zero-order valence-corrected chi connectivity index (χ0v) is 20.2. The van der Waals surface area contributed by atoms with Gasteiger partial charge in [0.1, 0.15) is 18.6 Å². The molecule has 1 aliphatic heterocycles. The van der Waals surface area contributed by atoms with Crippen molar-refractivity contribution in [1.82, 2.24) is 20.9 Å². The second-order valence-electron chi connectivity index (χ2n) is 8.35. The van der Waals surface area contributed by atoms with Crippen molar-refractivity contribution in [2.24, 2.45) is 16.5 Å². The van der Waals surface area contributed by atoms with Crippen LogP contribution in [0.1, 0.15) is 29.6 Å². The maximum atomic E-state index is 12.9. The van der Waals surface area contributed by atoms with Crippen LogP contribution in [0, 0.1) is 0 Å². The fourth-order valence-electron chi connectivity index (χ4n) is 3.76. The Balaban J connectivity index is 1.71. The average Bonchev–Trinajstić information content (AvgIpc) is 3.15. The van der Waals surface area contributed by atoms with Crippen molar-refractivity contribution >= 4 is 47.3 Å². The summed E-state index contributed by atoms with van der Waals surface area (Å²) >= 11 is 0. The van der Waals surface area contributed by atoms with Crippen LogP contribution in [0.2, 0.25) is 0 Å². The van der Waals surface area contributed by atoms with E-state index in [9.17, 15) is 39.0 Å². The molecule has 1 aliphatic rings. The molecule has 15 nitrogen and oxygen atoms in total. The first kappa shape index (κ1) is 28.1. The zero-order valence-electron chi connectivity index (χ0n) is 20.2. The Morgan fingerprint density at radius 2 is 1.69 bits per heavy atom. The second kappa shape index (κ2) is 12.2. The fourth-order valence-corrected chi connectivity index (χ4v) is 3.76. The van der Waals surface area contributed by atoms with Crippen LogP contribution in [0.15, 0.2) is 59.6 Å². The second-order valence-corrected chi connectivity index (χ2v) is 8.35. The van der Waals surface area contributed by atoms with Crippen molar-refractivity contribution in [3.05, 3.63) is 65.7 Å². The van der Waals surface area contributed by atoms with Crippen molar-refractivity contribution in [3.63, 3.8) is 0 Å². The van der Waals surface area contributed by atoms with Gasteiger partial charge < -0.3 is 37.6 Å². The van der Waals surface area contributed by atoms with Gasteiger partial charge in [-0.3, -0.25) is 24.1 Å². The van der Waals surface area contributed by atoms with Gasteiger partial charge in [-0.25, -0.2) is 14.6 Å². The first-order chi connectivity index (χ1) is 18.5. The standard InChI is InChI=1S/C24H25N7O8/c25-23(26)27-14-8-4-7-13(9-14)18-21(36)31(24(39)30-18)11-16(32)28-15(10-17(33)34)20(35)29-19(22(37)38)12-5-2-1-3-6-12/h1-9,15,18-19H,10-11H2,(H,28,32)(H,29,35)(H,30,39)(H,33,34)(H,37,38)(H4,25,26,27)/t15-,18?,19-/m0/s1. The van der Waals surface area contributed by atoms with Gasteiger partial charge in [0.15, 0.2) is 12.0 Å². The van der Waals surface area contributed by atoms with E-state index >= 15 is 0 Å². The molecule has 39 heavy (non-hydrogen) atoms. The number of nitrogens with zero attached hydrogens (tertiary/aromatic N) is 2. The normalized spacial score (nSPS) is 16.0. The van der Waals surface area contributed by atoms with Crippen molar-refractivity contribution in [3.8, 4) is 0 Å². The lowest BCUT2D eigenvalue weighted by Gasteiger charge is -2.21. The number of amides is 5. The van der Waals surface area contributed by atoms with Crippen molar-refractivity contribution < 1.29 is 39.0 Å². The van der Waals surface area contributed by atoms with Gasteiger partial charge in [0.05, 0.1) is 12.1 Å². The minimum absolute atomic E-state index is 0.216. The van der Waals surface area contributed by atoms with E-state index in [-0.39, 0.29) is 11.5 Å². The number of aliphatic carboxylic acids is 2. The third kappa shape index (κ3) is 7.28. The van der Waals surface area contributed by atoms with E-state index in [2.05, 4.69) is 20.9 Å². The molecule has 2 aromatic rings. The molecule has 0 aliphatic carbocycles. The highest BCUT2D eigenvalue weighted by Crippen LogP contribution is 2.25. The van der Waals surface area contributed by atoms with Crippen LogP contribution >= 0.6 is 0 Å². The SMILES string of the molecule is NC(N)=Nc1cccc(C2NC(=O)N(CC(=O)N[C@@H](CC(=O)O)C(=O)N[C@H](C(=O)O)c3ccccc3)C2=O)c1. The van der Waals surface area contributed by atoms with Crippen LogP contribution in [-0.4, -0.2) is 69.4 Å². The van der Waals surface area contributed by atoms with E-state index in [0.717, 1.165) is 0 Å². The molecule has 3 atom stereocenters. The van der Waals surface area contributed by atoms with Crippen molar-refractivity contribution in [2.75, 3.05) is 6.54 Å². The van der Waals surface area contributed by atoms with Crippen LogP contribution in [0.4, 0.5) is 10.5 Å². The number of nitrogens with two attached hydrogens (primary N) is 2. The number of aliphatic imine (C=N–C) groups is 1. The van der Waals surface area contributed by atoms with Gasteiger partial charge in [-0.1, -0.05) is 42.5 Å². The largest absolute Gasteiger partial charge is 0.481 e. The first-order valence-corrected chi connectivity index (χ1v) is 11.4. The van der Waals surface area contributed by atoms with Crippen molar-refractivity contribution in [2.45, 2.75) is 24.5 Å². The molecule has 0 spiro atoms. The summed E-state index contributed by atoms with van der Waals surface area (Å²) in [6.07, 6.45) is -0.890. The lowest BCUT2D eigenvalue weighted by atomic mass is 10.1. The molecule has 2 aromatic carbocycles. The summed E-state index contributed by atoms with van der Waals surface area (Å²) < 4.78 is 0. The van der Waals surface area contributed by atoms with E-state index in [1.165, 1.54) is 24.3 Å². The Morgan fingerprint density at radius 1 is 1.00 bits per heavy atom. The van der Waals surface area contributed by atoms with E-state index < -0.39 is 66.8 Å². The van der Waals surface area contributed by atoms with Crippen LogP contribution in [0.3, 0.4) is 0 Å². The number of carboxylic acids is 2. The minimum Gasteiger partial charge on any atom is -0.481 e. The number of benzene rings is 2. The van der Waals surface area contributed by atoms with E-state index in [1.54, 1.807) is 30.3 Å². The molecule has 1 unspecified atom stereocenters. The molecule has 15 heteroatoms. The number of carbonyl (C=O) groups excluding carboxylic acids is 4. The summed E-state index contributed by atoms with van der Waals surface area (Å²) in [5.41, 5.74) is 11.6. The molecular formula is C24H25N7O8. The quantitative estimate of drug-likeness (QED) is 0.105. The number of carbonyl (C=O) groups is 6.